The van der Waals surface area contributed by atoms with E-state index in [0.717, 1.165) is 5.56 Å². The monoisotopic (exact) mass is 465 g/mol. The number of aromatic amines is 1. The highest BCUT2D eigenvalue weighted by Crippen LogP contribution is 2.41. The zero-order chi connectivity index (χ0) is 20.5. The van der Waals surface area contributed by atoms with Crippen molar-refractivity contribution >= 4 is 58.3 Å². The minimum absolute atomic E-state index is 0.0657. The fourth-order valence-corrected chi connectivity index (χ4v) is 4.97. The lowest BCUT2D eigenvalue weighted by Gasteiger charge is -2.25. The van der Waals surface area contributed by atoms with E-state index in [9.17, 15) is 9.59 Å². The number of H-pyrrole nitrogens is 1. The summed E-state index contributed by atoms with van der Waals surface area (Å²) in [6.07, 6.45) is 0.0657. The van der Waals surface area contributed by atoms with E-state index in [1.165, 1.54) is 11.8 Å². The van der Waals surface area contributed by atoms with Gasteiger partial charge < -0.3 is 10.3 Å². The van der Waals surface area contributed by atoms with Gasteiger partial charge in [0.05, 0.1) is 5.56 Å². The van der Waals surface area contributed by atoms with Crippen molar-refractivity contribution in [1.82, 2.24) is 9.97 Å². The summed E-state index contributed by atoms with van der Waals surface area (Å²) in [6.45, 7) is 0. The molecule has 0 aliphatic carbocycles. The number of halogens is 3. The van der Waals surface area contributed by atoms with Crippen LogP contribution in [0.15, 0.2) is 52.4 Å². The maximum absolute atomic E-state index is 12.9. The molecule has 1 aliphatic heterocycles. The van der Waals surface area contributed by atoms with Crippen LogP contribution in [0.1, 0.15) is 29.0 Å². The van der Waals surface area contributed by atoms with Gasteiger partial charge in [0.25, 0.3) is 5.56 Å². The smallest absolute Gasteiger partial charge is 0.257 e. The Morgan fingerprint density at radius 1 is 1.03 bits per heavy atom. The van der Waals surface area contributed by atoms with E-state index in [1.54, 1.807) is 24.3 Å². The summed E-state index contributed by atoms with van der Waals surface area (Å²) in [5.74, 6) is -0.0131. The topological polar surface area (TPSA) is 74.8 Å². The Morgan fingerprint density at radius 2 is 1.76 bits per heavy atom. The first kappa shape index (κ1) is 20.3. The van der Waals surface area contributed by atoms with Crippen molar-refractivity contribution in [2.45, 2.75) is 23.2 Å². The molecule has 1 aromatic heterocycles. The first-order valence-electron chi connectivity index (χ1n) is 8.67. The number of amides is 1. The maximum atomic E-state index is 12.9. The average Bonchev–Trinajstić information content (AvgIpc) is 2.65. The number of hydrogen-bond acceptors (Lipinski definition) is 4. The number of benzene rings is 2. The van der Waals surface area contributed by atoms with Gasteiger partial charge in [-0.25, -0.2) is 4.98 Å². The van der Waals surface area contributed by atoms with Gasteiger partial charge in [-0.05, 0) is 35.4 Å². The predicted molar refractivity (Wildman–Crippen MR) is 117 cm³/mol. The van der Waals surface area contributed by atoms with Gasteiger partial charge in [-0.2, -0.15) is 0 Å². The number of carbonyl (C=O) groups excluding carboxylic acids is 1. The first-order valence-corrected chi connectivity index (χ1v) is 10.8. The molecule has 0 fully saturated rings. The Morgan fingerprint density at radius 3 is 2.48 bits per heavy atom. The zero-order valence-electron chi connectivity index (χ0n) is 14.8. The van der Waals surface area contributed by atoms with Gasteiger partial charge in [0.2, 0.25) is 5.91 Å². The highest BCUT2D eigenvalue weighted by molar-refractivity contribution is 7.98. The van der Waals surface area contributed by atoms with Crippen LogP contribution in [0.4, 0.5) is 5.82 Å². The number of thioether (sulfide) groups is 1. The molecule has 2 heterocycles. The van der Waals surface area contributed by atoms with Crippen LogP contribution in [-0.4, -0.2) is 15.9 Å². The Kier molecular flexibility index (Phi) is 5.88. The van der Waals surface area contributed by atoms with E-state index < -0.39 is 5.92 Å². The Hall–Kier alpha value is -1.99. The molecule has 1 aliphatic rings. The van der Waals surface area contributed by atoms with Crippen LogP contribution in [-0.2, 0) is 10.5 Å². The van der Waals surface area contributed by atoms with Crippen LogP contribution in [0.2, 0.25) is 15.1 Å². The Labute approximate surface area is 185 Å². The summed E-state index contributed by atoms with van der Waals surface area (Å²) in [4.78, 5) is 32.4. The van der Waals surface area contributed by atoms with Gasteiger partial charge in [-0.3, -0.25) is 9.59 Å². The standard InChI is InChI=1S/C20H14Cl3N3O2S/c21-11-4-1-3-10(7-11)9-29-20-25-18-17(19(28)26-20)12(8-15(27)24-18)16-13(22)5-2-6-14(16)23/h1-7,12H,8-9H2,(H2,24,25,26,27,28). The van der Waals surface area contributed by atoms with Crippen molar-refractivity contribution in [2.75, 3.05) is 5.32 Å². The molecule has 1 atom stereocenters. The molecule has 29 heavy (non-hydrogen) atoms. The van der Waals surface area contributed by atoms with Gasteiger partial charge in [0.1, 0.15) is 5.82 Å². The number of aromatic nitrogens is 2. The lowest BCUT2D eigenvalue weighted by atomic mass is 9.87. The van der Waals surface area contributed by atoms with Crippen molar-refractivity contribution < 1.29 is 4.79 Å². The summed E-state index contributed by atoms with van der Waals surface area (Å²) in [7, 11) is 0. The molecule has 9 heteroatoms. The zero-order valence-corrected chi connectivity index (χ0v) is 17.9. The molecular formula is C20H14Cl3N3O2S. The SMILES string of the molecule is O=C1CC(c2c(Cl)cccc2Cl)c2c(nc(SCc3cccc(Cl)c3)[nH]c2=O)N1. The van der Waals surface area contributed by atoms with Crippen LogP contribution in [0, 0.1) is 0 Å². The van der Waals surface area contributed by atoms with E-state index in [-0.39, 0.29) is 23.7 Å². The third kappa shape index (κ3) is 4.31. The number of hydrogen-bond donors (Lipinski definition) is 2. The Balaban J connectivity index is 1.70. The minimum Gasteiger partial charge on any atom is -0.310 e. The molecule has 0 saturated heterocycles. The third-order valence-electron chi connectivity index (χ3n) is 4.54. The van der Waals surface area contributed by atoms with Crippen molar-refractivity contribution in [1.29, 1.82) is 0 Å². The molecule has 2 aromatic carbocycles. The van der Waals surface area contributed by atoms with Gasteiger partial charge in [0.15, 0.2) is 5.16 Å². The lowest BCUT2D eigenvalue weighted by molar-refractivity contribution is -0.116. The molecule has 0 radical (unpaired) electrons. The van der Waals surface area contributed by atoms with Gasteiger partial charge >= 0.3 is 0 Å². The highest BCUT2D eigenvalue weighted by Gasteiger charge is 2.33. The van der Waals surface area contributed by atoms with Gasteiger partial charge in [-0.15, -0.1) is 0 Å². The molecule has 5 nitrogen and oxygen atoms in total. The summed E-state index contributed by atoms with van der Waals surface area (Å²) in [5.41, 5.74) is 1.57. The number of anilines is 1. The number of nitrogens with one attached hydrogen (secondary N) is 2. The normalized spacial score (nSPS) is 15.7. The number of carbonyl (C=O) groups is 1. The second kappa shape index (κ2) is 8.40. The van der Waals surface area contributed by atoms with Crippen LogP contribution < -0.4 is 10.9 Å². The molecule has 0 bridgehead atoms. The van der Waals surface area contributed by atoms with Crippen molar-refractivity contribution in [2.24, 2.45) is 0 Å². The highest BCUT2D eigenvalue weighted by atomic mass is 35.5. The lowest BCUT2D eigenvalue weighted by Crippen LogP contribution is -2.31. The number of nitrogens with zero attached hydrogens (tertiary/aromatic N) is 1. The second-order valence-electron chi connectivity index (χ2n) is 6.49. The average molecular weight is 467 g/mol. The molecular weight excluding hydrogens is 453 g/mol. The van der Waals surface area contributed by atoms with E-state index in [4.69, 9.17) is 34.8 Å². The number of rotatable bonds is 4. The second-order valence-corrected chi connectivity index (χ2v) is 8.71. The number of fused-ring (bicyclic) bond motifs is 1. The molecule has 4 rings (SSSR count). The summed E-state index contributed by atoms with van der Waals surface area (Å²) in [6, 6.07) is 12.5. The van der Waals surface area contributed by atoms with Crippen molar-refractivity contribution in [3.05, 3.63) is 84.6 Å². The van der Waals surface area contributed by atoms with Crippen LogP contribution in [0.3, 0.4) is 0 Å². The van der Waals surface area contributed by atoms with Crippen LogP contribution in [0.5, 0.6) is 0 Å². The van der Waals surface area contributed by atoms with Gasteiger partial charge in [-0.1, -0.05) is 64.8 Å². The quantitative estimate of drug-likeness (QED) is 0.393. The fraction of sp³-hybridized carbons (Fsp3) is 0.150. The van der Waals surface area contributed by atoms with Crippen molar-refractivity contribution in [3.8, 4) is 0 Å². The third-order valence-corrected chi connectivity index (χ3v) is 6.38. The van der Waals surface area contributed by atoms with E-state index in [1.807, 2.05) is 18.2 Å². The van der Waals surface area contributed by atoms with E-state index in [0.29, 0.717) is 37.1 Å². The predicted octanol–water partition coefficient (Wildman–Crippen LogP) is 5.50. The largest absolute Gasteiger partial charge is 0.310 e. The fourth-order valence-electron chi connectivity index (χ4n) is 3.29. The summed E-state index contributed by atoms with van der Waals surface area (Å²) >= 11 is 20.0. The van der Waals surface area contributed by atoms with Crippen LogP contribution >= 0.6 is 46.6 Å². The molecule has 2 N–H and O–H groups in total. The van der Waals surface area contributed by atoms with Crippen molar-refractivity contribution in [3.63, 3.8) is 0 Å². The first-order chi connectivity index (χ1) is 13.9. The Bertz CT molecular complexity index is 1150. The maximum Gasteiger partial charge on any atom is 0.257 e. The van der Waals surface area contributed by atoms with Crippen LogP contribution in [0.25, 0.3) is 0 Å². The minimum atomic E-state index is -0.567. The van der Waals surface area contributed by atoms with Gasteiger partial charge in [0, 0.05) is 33.2 Å². The summed E-state index contributed by atoms with van der Waals surface area (Å²) < 4.78 is 0. The molecule has 1 amide bonds. The molecule has 148 valence electrons. The molecule has 0 saturated carbocycles. The molecule has 0 spiro atoms. The van der Waals surface area contributed by atoms with E-state index >= 15 is 0 Å². The van der Waals surface area contributed by atoms with E-state index in [2.05, 4.69) is 15.3 Å². The molecule has 1 unspecified atom stereocenters. The summed E-state index contributed by atoms with van der Waals surface area (Å²) in [5, 5.41) is 4.55. The molecule has 3 aromatic rings.